The van der Waals surface area contributed by atoms with Crippen molar-refractivity contribution in [2.45, 2.75) is 11.4 Å². The van der Waals surface area contributed by atoms with E-state index in [-0.39, 0.29) is 22.4 Å². The lowest BCUT2D eigenvalue weighted by atomic mass is 10.1. The molecule has 110 valence electrons. The number of hydrogen-bond acceptors (Lipinski definition) is 7. The number of ether oxygens (including phenoxy) is 1. The van der Waals surface area contributed by atoms with Crippen LogP contribution in [0.15, 0.2) is 17.2 Å². The van der Waals surface area contributed by atoms with Gasteiger partial charge in [0.1, 0.15) is 0 Å². The average Bonchev–Trinajstić information content (AvgIpc) is 2.87. The lowest BCUT2D eigenvalue weighted by molar-refractivity contribution is -0.384. The topological polar surface area (TPSA) is 111 Å². The third-order valence-corrected chi connectivity index (χ3v) is 3.99. The van der Waals surface area contributed by atoms with Gasteiger partial charge in [-0.3, -0.25) is 10.1 Å². The van der Waals surface area contributed by atoms with Gasteiger partial charge in [-0.05, 0) is 12.5 Å². The first-order valence-corrected chi connectivity index (χ1v) is 7.94. The highest BCUT2D eigenvalue weighted by Gasteiger charge is 2.22. The van der Waals surface area contributed by atoms with E-state index in [1.807, 2.05) is 0 Å². The van der Waals surface area contributed by atoms with E-state index in [1.54, 1.807) is 0 Å². The Hall–Kier alpha value is -1.74. The van der Waals surface area contributed by atoms with Crippen LogP contribution in [0.5, 0.6) is 0 Å². The monoisotopic (exact) mass is 301 g/mol. The van der Waals surface area contributed by atoms with Gasteiger partial charge in [0, 0.05) is 31.4 Å². The first-order chi connectivity index (χ1) is 9.38. The van der Waals surface area contributed by atoms with Gasteiger partial charge in [0.15, 0.2) is 14.9 Å². The molecule has 1 aromatic rings. The highest BCUT2D eigenvalue weighted by Crippen LogP contribution is 2.24. The molecule has 1 atom stereocenters. The van der Waals surface area contributed by atoms with Crippen LogP contribution in [0.25, 0.3) is 0 Å². The number of rotatable bonds is 5. The lowest BCUT2D eigenvalue weighted by Crippen LogP contribution is -2.16. The van der Waals surface area contributed by atoms with Crippen LogP contribution < -0.4 is 5.32 Å². The zero-order chi connectivity index (χ0) is 14.8. The summed E-state index contributed by atoms with van der Waals surface area (Å²) in [5.74, 6) is 0.225. The Morgan fingerprint density at radius 3 is 2.85 bits per heavy atom. The van der Waals surface area contributed by atoms with E-state index in [0.717, 1.165) is 24.8 Å². The molecule has 0 radical (unpaired) electrons. The fourth-order valence-corrected chi connectivity index (χ4v) is 2.48. The standard InChI is InChI=1S/C11H15N3O5S/c1-20(17,18)10-3-2-9(14(15)16)11(13-10)12-6-8-4-5-19-7-8/h2-3,8H,4-7H2,1H3,(H,12,13). The van der Waals surface area contributed by atoms with Gasteiger partial charge in [-0.15, -0.1) is 0 Å². The summed E-state index contributed by atoms with van der Waals surface area (Å²) < 4.78 is 28.1. The molecule has 1 aromatic heterocycles. The first-order valence-electron chi connectivity index (χ1n) is 6.05. The van der Waals surface area contributed by atoms with Crippen LogP contribution >= 0.6 is 0 Å². The van der Waals surface area contributed by atoms with Gasteiger partial charge in [0.05, 0.1) is 11.5 Å². The minimum absolute atomic E-state index is 0.0233. The molecule has 0 aliphatic carbocycles. The van der Waals surface area contributed by atoms with E-state index < -0.39 is 14.8 Å². The Bertz CT molecular complexity index is 610. The van der Waals surface area contributed by atoms with Crippen molar-refractivity contribution in [2.75, 3.05) is 31.3 Å². The van der Waals surface area contributed by atoms with Gasteiger partial charge in [0.2, 0.25) is 5.82 Å². The molecule has 1 unspecified atom stereocenters. The van der Waals surface area contributed by atoms with E-state index in [0.29, 0.717) is 19.8 Å². The van der Waals surface area contributed by atoms with E-state index >= 15 is 0 Å². The van der Waals surface area contributed by atoms with Gasteiger partial charge >= 0.3 is 5.69 Å². The Morgan fingerprint density at radius 1 is 1.55 bits per heavy atom. The van der Waals surface area contributed by atoms with E-state index in [9.17, 15) is 18.5 Å². The maximum Gasteiger partial charge on any atom is 0.311 e. The SMILES string of the molecule is CS(=O)(=O)c1ccc([N+](=O)[O-])c(NCC2CCOC2)n1. The number of hydrogen-bond donors (Lipinski definition) is 1. The van der Waals surface area contributed by atoms with Crippen molar-refractivity contribution < 1.29 is 18.1 Å². The summed E-state index contributed by atoms with van der Waals surface area (Å²) in [7, 11) is -3.50. The second kappa shape index (κ2) is 5.71. The molecule has 2 rings (SSSR count). The summed E-state index contributed by atoms with van der Waals surface area (Å²) >= 11 is 0. The van der Waals surface area contributed by atoms with E-state index in [2.05, 4.69) is 10.3 Å². The molecule has 2 heterocycles. The van der Waals surface area contributed by atoms with Crippen molar-refractivity contribution in [2.24, 2.45) is 5.92 Å². The normalized spacial score (nSPS) is 18.9. The highest BCUT2D eigenvalue weighted by molar-refractivity contribution is 7.90. The molecular formula is C11H15N3O5S. The Kier molecular flexibility index (Phi) is 4.19. The van der Waals surface area contributed by atoms with Gasteiger partial charge in [-0.25, -0.2) is 13.4 Å². The molecule has 0 spiro atoms. The number of anilines is 1. The van der Waals surface area contributed by atoms with Crippen molar-refractivity contribution >= 4 is 21.3 Å². The molecule has 0 aromatic carbocycles. The molecule has 0 bridgehead atoms. The van der Waals surface area contributed by atoms with Crippen LogP contribution in [0.2, 0.25) is 0 Å². The predicted molar refractivity (Wildman–Crippen MR) is 71.4 cm³/mol. The number of nitro groups is 1. The molecule has 0 saturated carbocycles. The van der Waals surface area contributed by atoms with Crippen LogP contribution in [0.4, 0.5) is 11.5 Å². The van der Waals surface area contributed by atoms with Gasteiger partial charge < -0.3 is 10.1 Å². The Morgan fingerprint density at radius 2 is 2.30 bits per heavy atom. The molecule has 8 nitrogen and oxygen atoms in total. The Balaban J connectivity index is 2.24. The van der Waals surface area contributed by atoms with Crippen molar-refractivity contribution in [3.05, 3.63) is 22.2 Å². The fraction of sp³-hybridized carbons (Fsp3) is 0.545. The van der Waals surface area contributed by atoms with Crippen LogP contribution in [0, 0.1) is 16.0 Å². The van der Waals surface area contributed by atoms with Crippen molar-refractivity contribution in [1.29, 1.82) is 0 Å². The van der Waals surface area contributed by atoms with Crippen molar-refractivity contribution in [3.8, 4) is 0 Å². The summed E-state index contributed by atoms with van der Waals surface area (Å²) in [5.41, 5.74) is -0.240. The number of nitrogens with one attached hydrogen (secondary N) is 1. The fourth-order valence-electron chi connectivity index (χ4n) is 1.90. The predicted octanol–water partition coefficient (Wildman–Crippen LogP) is 0.842. The maximum atomic E-state index is 11.4. The quantitative estimate of drug-likeness (QED) is 0.633. The first kappa shape index (κ1) is 14.7. The van der Waals surface area contributed by atoms with Crippen molar-refractivity contribution in [3.63, 3.8) is 0 Å². The zero-order valence-electron chi connectivity index (χ0n) is 10.9. The largest absolute Gasteiger partial charge is 0.381 e. The molecular weight excluding hydrogens is 286 g/mol. The Labute approximate surface area is 116 Å². The second-order valence-electron chi connectivity index (χ2n) is 4.66. The number of nitrogens with zero attached hydrogens (tertiary/aromatic N) is 2. The van der Waals surface area contributed by atoms with Crippen LogP contribution in [0.3, 0.4) is 0 Å². The summed E-state index contributed by atoms with van der Waals surface area (Å²) in [4.78, 5) is 14.2. The molecule has 1 saturated heterocycles. The molecule has 1 aliphatic rings. The average molecular weight is 301 g/mol. The smallest absolute Gasteiger partial charge is 0.311 e. The molecule has 9 heteroatoms. The lowest BCUT2D eigenvalue weighted by Gasteiger charge is -2.10. The summed E-state index contributed by atoms with van der Waals surface area (Å²) in [6.45, 7) is 1.72. The molecule has 0 amide bonds. The van der Waals surface area contributed by atoms with E-state index in [4.69, 9.17) is 4.74 Å². The number of aromatic nitrogens is 1. The van der Waals surface area contributed by atoms with Gasteiger partial charge in [-0.1, -0.05) is 0 Å². The molecule has 20 heavy (non-hydrogen) atoms. The second-order valence-corrected chi connectivity index (χ2v) is 6.62. The third kappa shape index (κ3) is 3.42. The van der Waals surface area contributed by atoms with Crippen molar-refractivity contribution in [1.82, 2.24) is 4.98 Å². The van der Waals surface area contributed by atoms with Crippen LogP contribution in [-0.4, -0.2) is 44.3 Å². The van der Waals surface area contributed by atoms with E-state index in [1.165, 1.54) is 0 Å². The molecule has 1 N–H and O–H groups in total. The molecule has 1 aliphatic heterocycles. The highest BCUT2D eigenvalue weighted by atomic mass is 32.2. The zero-order valence-corrected chi connectivity index (χ0v) is 11.7. The van der Waals surface area contributed by atoms with Gasteiger partial charge in [-0.2, -0.15) is 0 Å². The number of sulfone groups is 1. The summed E-state index contributed by atoms with van der Waals surface area (Å²) in [6.07, 6.45) is 1.88. The third-order valence-electron chi connectivity index (χ3n) is 3.01. The molecule has 1 fully saturated rings. The minimum atomic E-state index is -3.50. The summed E-state index contributed by atoms with van der Waals surface area (Å²) in [6, 6.07) is 2.29. The summed E-state index contributed by atoms with van der Waals surface area (Å²) in [5, 5.41) is 13.6. The van der Waals surface area contributed by atoms with Crippen LogP contribution in [0.1, 0.15) is 6.42 Å². The maximum absolute atomic E-state index is 11.4. The minimum Gasteiger partial charge on any atom is -0.381 e. The van der Waals surface area contributed by atoms with Gasteiger partial charge in [0.25, 0.3) is 0 Å². The van der Waals surface area contributed by atoms with Crippen LogP contribution in [-0.2, 0) is 14.6 Å². The number of pyridine rings is 1.